The minimum absolute atomic E-state index is 0.325. The second-order valence-electron chi connectivity index (χ2n) is 4.47. The van der Waals surface area contributed by atoms with Gasteiger partial charge in [0, 0.05) is 12.6 Å². The van der Waals surface area contributed by atoms with Crippen molar-refractivity contribution >= 4 is 15.9 Å². The van der Waals surface area contributed by atoms with Gasteiger partial charge in [0.25, 0.3) is 0 Å². The number of benzene rings is 1. The number of nitrogens with zero attached hydrogens (tertiary/aromatic N) is 1. The maximum Gasteiger partial charge on any atom is 0.106 e. The Labute approximate surface area is 117 Å². The summed E-state index contributed by atoms with van der Waals surface area (Å²) in [5.41, 5.74) is 3.65. The molecule has 0 amide bonds. The van der Waals surface area contributed by atoms with E-state index in [-0.39, 0.29) is 0 Å². The van der Waals surface area contributed by atoms with Crippen LogP contribution in [0.2, 0.25) is 0 Å². The third kappa shape index (κ3) is 3.65. The molecule has 0 aliphatic carbocycles. The van der Waals surface area contributed by atoms with Crippen molar-refractivity contribution in [2.45, 2.75) is 26.4 Å². The Morgan fingerprint density at radius 1 is 1.22 bits per heavy atom. The molecular weight excluding hydrogens is 288 g/mol. The number of halogens is 1. The SMILES string of the molecule is Cc1cccc([C@H](C)NCc2cccc(Br)n2)c1. The molecule has 94 valence electrons. The molecule has 0 aliphatic heterocycles. The molecule has 1 heterocycles. The van der Waals surface area contributed by atoms with Gasteiger partial charge in [0.1, 0.15) is 4.60 Å². The molecule has 0 spiro atoms. The molecule has 1 aromatic heterocycles. The predicted molar refractivity (Wildman–Crippen MR) is 78.4 cm³/mol. The first-order chi connectivity index (χ1) is 8.65. The molecule has 0 radical (unpaired) electrons. The highest BCUT2D eigenvalue weighted by molar-refractivity contribution is 9.10. The smallest absolute Gasteiger partial charge is 0.106 e. The van der Waals surface area contributed by atoms with E-state index in [1.54, 1.807) is 0 Å². The maximum atomic E-state index is 4.41. The Balaban J connectivity index is 1.98. The van der Waals surface area contributed by atoms with Gasteiger partial charge in [-0.05, 0) is 47.5 Å². The van der Waals surface area contributed by atoms with Crippen LogP contribution in [0.25, 0.3) is 0 Å². The van der Waals surface area contributed by atoms with Crippen LogP contribution in [-0.4, -0.2) is 4.98 Å². The van der Waals surface area contributed by atoms with Crippen LogP contribution in [0.5, 0.6) is 0 Å². The Bertz CT molecular complexity index is 525. The van der Waals surface area contributed by atoms with Crippen LogP contribution in [0.3, 0.4) is 0 Å². The van der Waals surface area contributed by atoms with E-state index in [0.717, 1.165) is 16.8 Å². The highest BCUT2D eigenvalue weighted by Crippen LogP contribution is 2.14. The zero-order chi connectivity index (χ0) is 13.0. The molecule has 1 atom stereocenters. The van der Waals surface area contributed by atoms with Crippen LogP contribution in [-0.2, 0) is 6.54 Å². The first-order valence-corrected chi connectivity index (χ1v) is 6.86. The van der Waals surface area contributed by atoms with E-state index in [9.17, 15) is 0 Å². The van der Waals surface area contributed by atoms with Crippen molar-refractivity contribution < 1.29 is 0 Å². The third-order valence-corrected chi connectivity index (χ3v) is 3.35. The molecule has 2 aromatic rings. The summed E-state index contributed by atoms with van der Waals surface area (Å²) in [6.45, 7) is 5.06. The quantitative estimate of drug-likeness (QED) is 0.864. The summed E-state index contributed by atoms with van der Waals surface area (Å²) in [4.78, 5) is 4.41. The number of nitrogens with one attached hydrogen (secondary N) is 1. The molecule has 3 heteroatoms. The molecular formula is C15H17BrN2. The molecule has 0 aliphatic rings. The van der Waals surface area contributed by atoms with E-state index >= 15 is 0 Å². The van der Waals surface area contributed by atoms with E-state index in [1.807, 2.05) is 18.2 Å². The van der Waals surface area contributed by atoms with Crippen molar-refractivity contribution in [1.82, 2.24) is 10.3 Å². The molecule has 0 saturated carbocycles. The summed E-state index contributed by atoms with van der Waals surface area (Å²) < 4.78 is 0.880. The fraction of sp³-hybridized carbons (Fsp3) is 0.267. The van der Waals surface area contributed by atoms with Crippen molar-refractivity contribution in [3.8, 4) is 0 Å². The molecule has 0 saturated heterocycles. The van der Waals surface area contributed by atoms with Gasteiger partial charge in [-0.2, -0.15) is 0 Å². The second-order valence-corrected chi connectivity index (χ2v) is 5.28. The van der Waals surface area contributed by atoms with Crippen LogP contribution in [0.4, 0.5) is 0 Å². The fourth-order valence-corrected chi connectivity index (χ4v) is 2.24. The van der Waals surface area contributed by atoms with Crippen molar-refractivity contribution in [2.24, 2.45) is 0 Å². The highest BCUT2D eigenvalue weighted by Gasteiger charge is 2.05. The van der Waals surface area contributed by atoms with Crippen LogP contribution >= 0.6 is 15.9 Å². The van der Waals surface area contributed by atoms with Crippen molar-refractivity contribution in [3.05, 3.63) is 63.9 Å². The molecule has 1 aromatic carbocycles. The van der Waals surface area contributed by atoms with E-state index in [2.05, 4.69) is 64.3 Å². The van der Waals surface area contributed by atoms with Crippen molar-refractivity contribution in [2.75, 3.05) is 0 Å². The monoisotopic (exact) mass is 304 g/mol. The maximum absolute atomic E-state index is 4.41. The lowest BCUT2D eigenvalue weighted by Gasteiger charge is -2.14. The molecule has 18 heavy (non-hydrogen) atoms. The van der Waals surface area contributed by atoms with E-state index in [4.69, 9.17) is 0 Å². The Hall–Kier alpha value is -1.19. The zero-order valence-electron chi connectivity index (χ0n) is 10.7. The zero-order valence-corrected chi connectivity index (χ0v) is 12.2. The average Bonchev–Trinajstić information content (AvgIpc) is 2.36. The van der Waals surface area contributed by atoms with Gasteiger partial charge in [-0.3, -0.25) is 0 Å². The lowest BCUT2D eigenvalue weighted by Crippen LogP contribution is -2.18. The predicted octanol–water partition coefficient (Wildman–Crippen LogP) is 4.00. The summed E-state index contributed by atoms with van der Waals surface area (Å²) in [5, 5.41) is 3.49. The molecule has 0 fully saturated rings. The normalized spacial score (nSPS) is 12.4. The van der Waals surface area contributed by atoms with Crippen molar-refractivity contribution in [3.63, 3.8) is 0 Å². The van der Waals surface area contributed by atoms with Crippen LogP contribution in [0, 0.1) is 6.92 Å². The van der Waals surface area contributed by atoms with Gasteiger partial charge in [0.2, 0.25) is 0 Å². The Kier molecular flexibility index (Phi) is 4.50. The molecule has 2 rings (SSSR count). The minimum atomic E-state index is 0.325. The molecule has 0 unspecified atom stereocenters. The largest absolute Gasteiger partial charge is 0.305 e. The summed E-state index contributed by atoms with van der Waals surface area (Å²) >= 11 is 3.38. The Morgan fingerprint density at radius 3 is 2.72 bits per heavy atom. The number of aryl methyl sites for hydroxylation is 1. The molecule has 1 N–H and O–H groups in total. The molecule has 2 nitrogen and oxygen atoms in total. The van der Waals surface area contributed by atoms with E-state index in [1.165, 1.54) is 11.1 Å². The number of rotatable bonds is 4. The van der Waals surface area contributed by atoms with Gasteiger partial charge in [-0.25, -0.2) is 4.98 Å². The highest BCUT2D eigenvalue weighted by atomic mass is 79.9. The van der Waals surface area contributed by atoms with Gasteiger partial charge >= 0.3 is 0 Å². The first kappa shape index (κ1) is 13.2. The number of hydrogen-bond donors (Lipinski definition) is 1. The standard InChI is InChI=1S/C15H17BrN2/c1-11-5-3-6-13(9-11)12(2)17-10-14-7-4-8-15(16)18-14/h3-9,12,17H,10H2,1-2H3/t12-/m0/s1. The topological polar surface area (TPSA) is 24.9 Å². The summed E-state index contributed by atoms with van der Waals surface area (Å²) in [7, 11) is 0. The van der Waals surface area contributed by atoms with Gasteiger partial charge < -0.3 is 5.32 Å². The lowest BCUT2D eigenvalue weighted by atomic mass is 10.1. The number of aromatic nitrogens is 1. The van der Waals surface area contributed by atoms with E-state index in [0.29, 0.717) is 6.04 Å². The number of pyridine rings is 1. The van der Waals surface area contributed by atoms with Crippen LogP contribution in [0.1, 0.15) is 29.8 Å². The number of hydrogen-bond acceptors (Lipinski definition) is 2. The second kappa shape index (κ2) is 6.12. The van der Waals surface area contributed by atoms with Crippen molar-refractivity contribution in [1.29, 1.82) is 0 Å². The van der Waals surface area contributed by atoms with Gasteiger partial charge in [0.15, 0.2) is 0 Å². The van der Waals surface area contributed by atoms with Gasteiger partial charge in [0.05, 0.1) is 5.69 Å². The summed E-state index contributed by atoms with van der Waals surface area (Å²) in [6.07, 6.45) is 0. The van der Waals surface area contributed by atoms with E-state index < -0.39 is 0 Å². The summed E-state index contributed by atoms with van der Waals surface area (Å²) in [5.74, 6) is 0. The Morgan fingerprint density at radius 2 is 2.00 bits per heavy atom. The summed E-state index contributed by atoms with van der Waals surface area (Å²) in [6, 6.07) is 14.9. The average molecular weight is 305 g/mol. The van der Waals surface area contributed by atoms with Gasteiger partial charge in [-0.1, -0.05) is 35.9 Å². The fourth-order valence-electron chi connectivity index (χ4n) is 1.86. The molecule has 0 bridgehead atoms. The minimum Gasteiger partial charge on any atom is -0.305 e. The lowest BCUT2D eigenvalue weighted by molar-refractivity contribution is 0.567. The van der Waals surface area contributed by atoms with Gasteiger partial charge in [-0.15, -0.1) is 0 Å². The van der Waals surface area contributed by atoms with Crippen LogP contribution < -0.4 is 5.32 Å². The first-order valence-electron chi connectivity index (χ1n) is 6.06. The third-order valence-electron chi connectivity index (χ3n) is 2.90. The van der Waals surface area contributed by atoms with Crippen LogP contribution in [0.15, 0.2) is 47.1 Å².